The minimum absolute atomic E-state index is 0.523. The summed E-state index contributed by atoms with van der Waals surface area (Å²) in [6, 6.07) is 0.676. The first kappa shape index (κ1) is 13.4. The lowest BCUT2D eigenvalue weighted by molar-refractivity contribution is 0.0313. The molecule has 0 aromatic rings. The Morgan fingerprint density at radius 1 is 1.24 bits per heavy atom. The molecule has 2 nitrogen and oxygen atoms in total. The summed E-state index contributed by atoms with van der Waals surface area (Å²) in [7, 11) is 0. The predicted octanol–water partition coefficient (Wildman–Crippen LogP) is 3.03. The van der Waals surface area contributed by atoms with Crippen molar-refractivity contribution >= 4 is 0 Å². The van der Waals surface area contributed by atoms with Crippen molar-refractivity contribution < 1.29 is 0 Å². The van der Waals surface area contributed by atoms with Crippen LogP contribution in [-0.4, -0.2) is 36.1 Å². The van der Waals surface area contributed by atoms with E-state index in [1.807, 2.05) is 0 Å². The normalized spacial score (nSPS) is 29.3. The second kappa shape index (κ2) is 5.71. The first-order chi connectivity index (χ1) is 8.20. The van der Waals surface area contributed by atoms with Gasteiger partial charge < -0.3 is 5.32 Å². The average Bonchev–Trinajstić information content (AvgIpc) is 2.80. The number of nitrogens with one attached hydrogen (secondary N) is 1. The molecule has 2 heteroatoms. The van der Waals surface area contributed by atoms with E-state index < -0.39 is 0 Å². The fourth-order valence-corrected chi connectivity index (χ4v) is 3.72. The van der Waals surface area contributed by atoms with Crippen LogP contribution in [0.1, 0.15) is 59.3 Å². The second-order valence-corrected chi connectivity index (χ2v) is 6.30. The fourth-order valence-electron chi connectivity index (χ4n) is 3.72. The van der Waals surface area contributed by atoms with Gasteiger partial charge in [-0.3, -0.25) is 4.90 Å². The zero-order valence-electron chi connectivity index (χ0n) is 12.0. The molecule has 0 radical (unpaired) electrons. The second-order valence-electron chi connectivity index (χ2n) is 6.30. The molecule has 100 valence electrons. The van der Waals surface area contributed by atoms with Crippen LogP contribution >= 0.6 is 0 Å². The van der Waals surface area contributed by atoms with Crippen LogP contribution in [0.3, 0.4) is 0 Å². The molecule has 1 heterocycles. The van der Waals surface area contributed by atoms with Crippen molar-refractivity contribution in [3.8, 4) is 0 Å². The van der Waals surface area contributed by atoms with Gasteiger partial charge in [-0.05, 0) is 25.7 Å². The average molecular weight is 238 g/mol. The molecule has 2 aliphatic rings. The van der Waals surface area contributed by atoms with Gasteiger partial charge in [0.15, 0.2) is 0 Å². The summed E-state index contributed by atoms with van der Waals surface area (Å²) < 4.78 is 0. The van der Waals surface area contributed by atoms with Crippen LogP contribution in [0.5, 0.6) is 0 Å². The maximum atomic E-state index is 3.71. The SMILES string of the molecule is CCC(CC)CN1CC(C)NCC12CCCC2. The smallest absolute Gasteiger partial charge is 0.0334 e. The summed E-state index contributed by atoms with van der Waals surface area (Å²) in [5.74, 6) is 0.901. The van der Waals surface area contributed by atoms with Crippen molar-refractivity contribution in [3.63, 3.8) is 0 Å². The van der Waals surface area contributed by atoms with Crippen molar-refractivity contribution in [2.24, 2.45) is 5.92 Å². The summed E-state index contributed by atoms with van der Waals surface area (Å²) in [6.07, 6.45) is 8.40. The molecule has 1 unspecified atom stereocenters. The molecule has 17 heavy (non-hydrogen) atoms. The van der Waals surface area contributed by atoms with Crippen LogP contribution in [0.2, 0.25) is 0 Å². The van der Waals surface area contributed by atoms with Gasteiger partial charge in [0.1, 0.15) is 0 Å². The van der Waals surface area contributed by atoms with E-state index in [0.717, 1.165) is 5.92 Å². The summed E-state index contributed by atoms with van der Waals surface area (Å²) in [5.41, 5.74) is 0.523. The molecular formula is C15H30N2. The van der Waals surface area contributed by atoms with E-state index in [0.29, 0.717) is 11.6 Å². The Balaban J connectivity index is 2.03. The standard InChI is InChI=1S/C15H30N2/c1-4-14(5-2)11-17-10-13(3)16-12-15(17)8-6-7-9-15/h13-14,16H,4-12H2,1-3H3. The van der Waals surface area contributed by atoms with Crippen molar-refractivity contribution in [1.82, 2.24) is 10.2 Å². The summed E-state index contributed by atoms with van der Waals surface area (Å²) in [5, 5.41) is 3.71. The van der Waals surface area contributed by atoms with Crippen LogP contribution in [0.4, 0.5) is 0 Å². The van der Waals surface area contributed by atoms with Crippen molar-refractivity contribution in [2.45, 2.75) is 70.9 Å². The van der Waals surface area contributed by atoms with E-state index in [2.05, 4.69) is 31.0 Å². The maximum absolute atomic E-state index is 3.71. The molecule has 1 spiro atoms. The zero-order valence-corrected chi connectivity index (χ0v) is 12.0. The molecule has 1 N–H and O–H groups in total. The molecule has 2 rings (SSSR count). The molecule has 1 saturated heterocycles. The maximum Gasteiger partial charge on any atom is 0.0334 e. The largest absolute Gasteiger partial charge is 0.311 e. The van der Waals surface area contributed by atoms with Crippen LogP contribution in [-0.2, 0) is 0 Å². The van der Waals surface area contributed by atoms with E-state index >= 15 is 0 Å². The fraction of sp³-hybridized carbons (Fsp3) is 1.00. The van der Waals surface area contributed by atoms with Crippen LogP contribution in [0.25, 0.3) is 0 Å². The van der Waals surface area contributed by atoms with E-state index in [9.17, 15) is 0 Å². The Morgan fingerprint density at radius 2 is 1.88 bits per heavy atom. The topological polar surface area (TPSA) is 15.3 Å². The lowest BCUT2D eigenvalue weighted by atomic mass is 9.89. The monoisotopic (exact) mass is 238 g/mol. The molecule has 0 aromatic carbocycles. The van der Waals surface area contributed by atoms with Gasteiger partial charge in [0.05, 0.1) is 0 Å². The summed E-state index contributed by atoms with van der Waals surface area (Å²) in [6.45, 7) is 10.9. The van der Waals surface area contributed by atoms with Crippen molar-refractivity contribution in [3.05, 3.63) is 0 Å². The molecule has 0 bridgehead atoms. The van der Waals surface area contributed by atoms with Gasteiger partial charge in [-0.1, -0.05) is 39.5 Å². The lowest BCUT2D eigenvalue weighted by Crippen LogP contribution is -2.63. The summed E-state index contributed by atoms with van der Waals surface area (Å²) in [4.78, 5) is 2.85. The third-order valence-corrected chi connectivity index (χ3v) is 5.11. The highest BCUT2D eigenvalue weighted by atomic mass is 15.3. The van der Waals surface area contributed by atoms with Gasteiger partial charge in [0.2, 0.25) is 0 Å². The molecule has 1 saturated carbocycles. The number of hydrogen-bond donors (Lipinski definition) is 1. The Kier molecular flexibility index (Phi) is 4.48. The number of nitrogens with zero attached hydrogens (tertiary/aromatic N) is 1. The van der Waals surface area contributed by atoms with Gasteiger partial charge in [0.25, 0.3) is 0 Å². The van der Waals surface area contributed by atoms with Crippen LogP contribution in [0.15, 0.2) is 0 Å². The quantitative estimate of drug-likeness (QED) is 0.810. The Hall–Kier alpha value is -0.0800. The highest BCUT2D eigenvalue weighted by Crippen LogP contribution is 2.37. The lowest BCUT2D eigenvalue weighted by Gasteiger charge is -2.49. The van der Waals surface area contributed by atoms with E-state index in [4.69, 9.17) is 0 Å². The van der Waals surface area contributed by atoms with Gasteiger partial charge in [-0.15, -0.1) is 0 Å². The van der Waals surface area contributed by atoms with E-state index in [1.54, 1.807) is 0 Å². The van der Waals surface area contributed by atoms with E-state index in [-0.39, 0.29) is 0 Å². The first-order valence-corrected chi connectivity index (χ1v) is 7.68. The zero-order chi connectivity index (χ0) is 12.3. The minimum Gasteiger partial charge on any atom is -0.311 e. The highest BCUT2D eigenvalue weighted by Gasteiger charge is 2.42. The third-order valence-electron chi connectivity index (χ3n) is 5.11. The van der Waals surface area contributed by atoms with Crippen molar-refractivity contribution in [1.29, 1.82) is 0 Å². The first-order valence-electron chi connectivity index (χ1n) is 7.68. The number of hydrogen-bond acceptors (Lipinski definition) is 2. The Labute approximate surface area is 107 Å². The Morgan fingerprint density at radius 3 is 2.47 bits per heavy atom. The third kappa shape index (κ3) is 2.85. The van der Waals surface area contributed by atoms with Crippen LogP contribution in [0, 0.1) is 5.92 Å². The van der Waals surface area contributed by atoms with Gasteiger partial charge in [-0.2, -0.15) is 0 Å². The molecular weight excluding hydrogens is 208 g/mol. The molecule has 1 aliphatic heterocycles. The van der Waals surface area contributed by atoms with Gasteiger partial charge >= 0.3 is 0 Å². The predicted molar refractivity (Wildman–Crippen MR) is 74.3 cm³/mol. The molecule has 0 amide bonds. The number of rotatable bonds is 4. The molecule has 2 fully saturated rings. The molecule has 1 aliphatic carbocycles. The summed E-state index contributed by atoms with van der Waals surface area (Å²) >= 11 is 0. The van der Waals surface area contributed by atoms with Crippen LogP contribution < -0.4 is 5.32 Å². The van der Waals surface area contributed by atoms with Gasteiger partial charge in [0, 0.05) is 31.2 Å². The minimum atomic E-state index is 0.523. The van der Waals surface area contributed by atoms with Crippen molar-refractivity contribution in [2.75, 3.05) is 19.6 Å². The Bertz CT molecular complexity index is 229. The van der Waals surface area contributed by atoms with Gasteiger partial charge in [-0.25, -0.2) is 0 Å². The highest BCUT2D eigenvalue weighted by molar-refractivity contribution is 5.01. The van der Waals surface area contributed by atoms with E-state index in [1.165, 1.54) is 58.2 Å². The number of piperazine rings is 1. The molecule has 0 aromatic heterocycles. The molecule has 1 atom stereocenters.